The molecule has 0 unspecified atom stereocenters. The molecule has 0 N–H and O–H groups in total. The number of nitrogens with zero attached hydrogens (tertiary/aromatic N) is 1. The highest BCUT2D eigenvalue weighted by Crippen LogP contribution is 2.09. The Balaban J connectivity index is 2.24. The van der Waals surface area contributed by atoms with Crippen molar-refractivity contribution >= 4 is 23.4 Å². The van der Waals surface area contributed by atoms with Gasteiger partial charge in [-0.2, -0.15) is 0 Å². The van der Waals surface area contributed by atoms with Crippen LogP contribution in [0.5, 0.6) is 0 Å². The van der Waals surface area contributed by atoms with Gasteiger partial charge in [0.05, 0.1) is 0 Å². The van der Waals surface area contributed by atoms with Gasteiger partial charge < -0.3 is 9.64 Å². The molecule has 0 aliphatic heterocycles. The molecule has 0 bridgehead atoms. The number of thiophene rings is 1. The Bertz CT molecular complexity index is 317. The van der Waals surface area contributed by atoms with Crippen LogP contribution in [-0.2, 0) is 9.53 Å². The number of carbonyl (C=O) groups is 1. The fourth-order valence-corrected chi connectivity index (χ4v) is 1.53. The summed E-state index contributed by atoms with van der Waals surface area (Å²) in [7, 11) is 3.88. The third kappa shape index (κ3) is 5.34. The zero-order chi connectivity index (χ0) is 11.1. The first-order valence-electron chi connectivity index (χ1n) is 4.71. The van der Waals surface area contributed by atoms with E-state index < -0.39 is 0 Å². The van der Waals surface area contributed by atoms with Crippen molar-refractivity contribution in [2.24, 2.45) is 0 Å². The van der Waals surface area contributed by atoms with Gasteiger partial charge in [-0.3, -0.25) is 0 Å². The quantitative estimate of drug-likeness (QED) is 0.566. The lowest BCUT2D eigenvalue weighted by molar-refractivity contribution is -0.137. The number of hydrogen-bond donors (Lipinski definition) is 0. The molecule has 0 aliphatic carbocycles. The van der Waals surface area contributed by atoms with Gasteiger partial charge in [0.2, 0.25) is 0 Å². The Kier molecular flexibility index (Phi) is 5.07. The van der Waals surface area contributed by atoms with Crippen molar-refractivity contribution in [2.45, 2.75) is 0 Å². The van der Waals surface area contributed by atoms with Gasteiger partial charge in [0, 0.05) is 17.5 Å². The van der Waals surface area contributed by atoms with Crippen molar-refractivity contribution in [3.05, 3.63) is 28.5 Å². The molecule has 4 heteroatoms. The normalized spacial score (nSPS) is 11.1. The van der Waals surface area contributed by atoms with Gasteiger partial charge in [0.15, 0.2) is 0 Å². The van der Waals surface area contributed by atoms with Crippen LogP contribution >= 0.6 is 11.3 Å². The van der Waals surface area contributed by atoms with Crippen LogP contribution in [-0.4, -0.2) is 38.1 Å². The molecule has 0 fully saturated rings. The van der Waals surface area contributed by atoms with E-state index in [2.05, 4.69) is 0 Å². The Morgan fingerprint density at radius 1 is 1.60 bits per heavy atom. The molecule has 1 aromatic heterocycles. The third-order valence-corrected chi connectivity index (χ3v) is 2.55. The van der Waals surface area contributed by atoms with E-state index in [9.17, 15) is 4.79 Å². The molecule has 1 heterocycles. The Hall–Kier alpha value is -1.13. The van der Waals surface area contributed by atoms with Gasteiger partial charge >= 0.3 is 5.97 Å². The van der Waals surface area contributed by atoms with Gasteiger partial charge in [-0.15, -0.1) is 11.3 Å². The molecule has 0 aromatic carbocycles. The zero-order valence-electron chi connectivity index (χ0n) is 8.97. The average molecular weight is 225 g/mol. The summed E-state index contributed by atoms with van der Waals surface area (Å²) >= 11 is 1.59. The van der Waals surface area contributed by atoms with E-state index in [-0.39, 0.29) is 5.97 Å². The van der Waals surface area contributed by atoms with Crippen LogP contribution in [0, 0.1) is 0 Å². The molecule has 0 saturated heterocycles. The molecule has 0 saturated carbocycles. The van der Waals surface area contributed by atoms with Gasteiger partial charge in [0.1, 0.15) is 6.61 Å². The standard InChI is InChI=1S/C11H15NO2S/c1-12(2)7-8-14-11(13)6-5-10-4-3-9-15-10/h3-6,9H,7-8H2,1-2H3. The third-order valence-electron chi connectivity index (χ3n) is 1.71. The van der Waals surface area contributed by atoms with E-state index >= 15 is 0 Å². The summed E-state index contributed by atoms with van der Waals surface area (Å²) in [5.74, 6) is -0.287. The van der Waals surface area contributed by atoms with Crippen LogP contribution in [0.3, 0.4) is 0 Å². The van der Waals surface area contributed by atoms with Crippen LogP contribution in [0.15, 0.2) is 23.6 Å². The first kappa shape index (κ1) is 11.9. The van der Waals surface area contributed by atoms with Crippen LogP contribution in [0.4, 0.5) is 0 Å². The highest BCUT2D eigenvalue weighted by Gasteiger charge is 1.97. The summed E-state index contributed by atoms with van der Waals surface area (Å²) in [6.45, 7) is 1.18. The molecular weight excluding hydrogens is 210 g/mol. The molecular formula is C11H15NO2S. The zero-order valence-corrected chi connectivity index (χ0v) is 9.79. The molecule has 0 radical (unpaired) electrons. The molecule has 0 aliphatic rings. The van der Waals surface area contributed by atoms with Crippen LogP contribution in [0.2, 0.25) is 0 Å². The Morgan fingerprint density at radius 2 is 2.40 bits per heavy atom. The summed E-state index contributed by atoms with van der Waals surface area (Å²) in [5, 5.41) is 1.97. The average Bonchev–Trinajstić information content (AvgIpc) is 2.66. The Morgan fingerprint density at radius 3 is 3.00 bits per heavy atom. The van der Waals surface area contributed by atoms with E-state index in [0.29, 0.717) is 6.61 Å². The number of likely N-dealkylation sites (N-methyl/N-ethyl adjacent to an activating group) is 1. The molecule has 82 valence electrons. The first-order valence-corrected chi connectivity index (χ1v) is 5.59. The maximum absolute atomic E-state index is 11.2. The van der Waals surface area contributed by atoms with Crippen LogP contribution in [0.1, 0.15) is 4.88 Å². The van der Waals surface area contributed by atoms with Crippen molar-refractivity contribution in [1.82, 2.24) is 4.90 Å². The summed E-state index contributed by atoms with van der Waals surface area (Å²) in [4.78, 5) is 14.2. The van der Waals surface area contributed by atoms with Gasteiger partial charge in [0.25, 0.3) is 0 Å². The van der Waals surface area contributed by atoms with Crippen LogP contribution in [0.25, 0.3) is 6.08 Å². The van der Waals surface area contributed by atoms with Crippen molar-refractivity contribution in [2.75, 3.05) is 27.2 Å². The van der Waals surface area contributed by atoms with E-state index in [1.54, 1.807) is 17.4 Å². The summed E-state index contributed by atoms with van der Waals surface area (Å²) in [5.41, 5.74) is 0. The maximum Gasteiger partial charge on any atom is 0.330 e. The van der Waals surface area contributed by atoms with E-state index in [1.807, 2.05) is 36.5 Å². The van der Waals surface area contributed by atoms with E-state index in [4.69, 9.17) is 4.74 Å². The minimum atomic E-state index is -0.287. The second kappa shape index (κ2) is 6.37. The first-order chi connectivity index (χ1) is 7.18. The van der Waals surface area contributed by atoms with Gasteiger partial charge in [-0.1, -0.05) is 6.07 Å². The molecule has 0 amide bonds. The monoisotopic (exact) mass is 225 g/mol. The van der Waals surface area contributed by atoms with E-state index in [0.717, 1.165) is 11.4 Å². The predicted octanol–water partition coefficient (Wildman–Crippen LogP) is 1.87. The number of carbonyl (C=O) groups excluding carboxylic acids is 1. The van der Waals surface area contributed by atoms with Crippen molar-refractivity contribution in [1.29, 1.82) is 0 Å². The number of hydrogen-bond acceptors (Lipinski definition) is 4. The number of ether oxygens (including phenoxy) is 1. The van der Waals surface area contributed by atoms with Crippen molar-refractivity contribution < 1.29 is 9.53 Å². The predicted molar refractivity (Wildman–Crippen MR) is 62.9 cm³/mol. The topological polar surface area (TPSA) is 29.5 Å². The fraction of sp³-hybridized carbons (Fsp3) is 0.364. The lowest BCUT2D eigenvalue weighted by atomic mass is 10.4. The number of rotatable bonds is 5. The highest BCUT2D eigenvalue weighted by molar-refractivity contribution is 7.10. The maximum atomic E-state index is 11.2. The van der Waals surface area contributed by atoms with Gasteiger partial charge in [-0.25, -0.2) is 4.79 Å². The molecule has 0 atom stereocenters. The second-order valence-corrected chi connectivity index (χ2v) is 4.30. The minimum Gasteiger partial charge on any atom is -0.461 e. The molecule has 1 rings (SSSR count). The summed E-state index contributed by atoms with van der Waals surface area (Å²) in [6.07, 6.45) is 3.23. The highest BCUT2D eigenvalue weighted by atomic mass is 32.1. The summed E-state index contributed by atoms with van der Waals surface area (Å²) in [6, 6.07) is 3.90. The molecule has 1 aromatic rings. The number of esters is 1. The van der Waals surface area contributed by atoms with E-state index in [1.165, 1.54) is 6.08 Å². The summed E-state index contributed by atoms with van der Waals surface area (Å²) < 4.78 is 4.99. The smallest absolute Gasteiger partial charge is 0.330 e. The largest absolute Gasteiger partial charge is 0.461 e. The second-order valence-electron chi connectivity index (χ2n) is 3.32. The van der Waals surface area contributed by atoms with Crippen molar-refractivity contribution in [3.8, 4) is 0 Å². The lowest BCUT2D eigenvalue weighted by Gasteiger charge is -2.08. The SMILES string of the molecule is CN(C)CCOC(=O)C=Cc1cccs1. The lowest BCUT2D eigenvalue weighted by Crippen LogP contribution is -2.19. The van der Waals surface area contributed by atoms with Gasteiger partial charge in [-0.05, 0) is 31.6 Å². The molecule has 15 heavy (non-hydrogen) atoms. The fourth-order valence-electron chi connectivity index (χ4n) is 0.913. The molecule has 0 spiro atoms. The molecule has 3 nitrogen and oxygen atoms in total. The Labute approximate surface area is 94.0 Å². The minimum absolute atomic E-state index is 0.287. The van der Waals surface area contributed by atoms with Crippen molar-refractivity contribution in [3.63, 3.8) is 0 Å². The van der Waals surface area contributed by atoms with Crippen LogP contribution < -0.4 is 0 Å².